The maximum Gasteiger partial charge on any atom is 0.282 e. The Balaban J connectivity index is 1.58. The zero-order valence-electron chi connectivity index (χ0n) is 26.2. The van der Waals surface area contributed by atoms with Crippen LogP contribution in [0.3, 0.4) is 0 Å². The van der Waals surface area contributed by atoms with E-state index < -0.39 is 0 Å². The molecule has 0 amide bonds. The monoisotopic (exact) mass is 677 g/mol. The second-order valence-corrected chi connectivity index (χ2v) is 12.1. The van der Waals surface area contributed by atoms with Crippen molar-refractivity contribution in [1.29, 1.82) is 0 Å². The second kappa shape index (κ2) is 14.6. The zero-order valence-corrected chi connectivity index (χ0v) is 28.5. The Morgan fingerprint density at radius 3 is 2.33 bits per heavy atom. The Bertz CT molecular complexity index is 1990. The quantitative estimate of drug-likeness (QED) is 0.130. The third-order valence-corrected chi connectivity index (χ3v) is 8.31. The van der Waals surface area contributed by atoms with Crippen LogP contribution < -0.4 is 19.8 Å². The molecule has 5 rings (SSSR count). The first kappa shape index (κ1) is 33.3. The smallest absolute Gasteiger partial charge is 0.282 e. The van der Waals surface area contributed by atoms with Crippen molar-refractivity contribution in [1.82, 2.24) is 9.66 Å². The maximum absolute atomic E-state index is 13.9. The van der Waals surface area contributed by atoms with E-state index in [0.29, 0.717) is 62.1 Å². The van der Waals surface area contributed by atoms with E-state index in [0.717, 1.165) is 28.0 Å². The molecule has 0 radical (unpaired) electrons. The van der Waals surface area contributed by atoms with Gasteiger partial charge in [0.05, 0.1) is 45.4 Å². The predicted molar refractivity (Wildman–Crippen MR) is 188 cm³/mol. The summed E-state index contributed by atoms with van der Waals surface area (Å²) >= 11 is 18.9. The first-order valence-electron chi connectivity index (χ1n) is 15.0. The van der Waals surface area contributed by atoms with Crippen molar-refractivity contribution in [3.05, 3.63) is 114 Å². The lowest BCUT2D eigenvalue weighted by Crippen LogP contribution is -2.21. The molecule has 0 aliphatic heterocycles. The van der Waals surface area contributed by atoms with Crippen LogP contribution in [0, 0.1) is 6.92 Å². The number of ether oxygens (including phenoxy) is 3. The number of hydrogen-bond donors (Lipinski definition) is 0. The number of para-hydroxylation sites is 1. The Labute approximate surface area is 283 Å². The van der Waals surface area contributed by atoms with Crippen molar-refractivity contribution in [2.75, 3.05) is 13.2 Å². The van der Waals surface area contributed by atoms with Gasteiger partial charge in [-0.25, -0.2) is 4.98 Å². The summed E-state index contributed by atoms with van der Waals surface area (Å²) in [6.45, 7) is 11.1. The van der Waals surface area contributed by atoms with E-state index in [9.17, 15) is 4.79 Å². The molecule has 4 aromatic carbocycles. The summed E-state index contributed by atoms with van der Waals surface area (Å²) < 4.78 is 19.2. The van der Waals surface area contributed by atoms with E-state index in [2.05, 4.69) is 18.9 Å². The van der Waals surface area contributed by atoms with Gasteiger partial charge in [0.1, 0.15) is 12.4 Å². The summed E-state index contributed by atoms with van der Waals surface area (Å²) in [4.78, 5) is 18.8. The molecule has 0 N–H and O–H groups in total. The van der Waals surface area contributed by atoms with Gasteiger partial charge in [0.15, 0.2) is 17.3 Å². The van der Waals surface area contributed by atoms with Crippen LogP contribution in [-0.4, -0.2) is 29.1 Å². The molecule has 7 nitrogen and oxygen atoms in total. The molecule has 0 saturated carbocycles. The van der Waals surface area contributed by atoms with Crippen LogP contribution in [0.5, 0.6) is 17.2 Å². The van der Waals surface area contributed by atoms with Gasteiger partial charge in [-0.2, -0.15) is 9.78 Å². The van der Waals surface area contributed by atoms with Crippen molar-refractivity contribution in [3.63, 3.8) is 0 Å². The highest BCUT2D eigenvalue weighted by Crippen LogP contribution is 2.38. The van der Waals surface area contributed by atoms with Crippen molar-refractivity contribution in [3.8, 4) is 28.6 Å². The highest BCUT2D eigenvalue weighted by molar-refractivity contribution is 6.42. The Hall–Kier alpha value is -4.04. The lowest BCUT2D eigenvalue weighted by Gasteiger charge is -2.18. The van der Waals surface area contributed by atoms with Crippen LogP contribution in [0.2, 0.25) is 15.1 Å². The zero-order chi connectivity index (χ0) is 33.0. The number of aryl methyl sites for hydroxylation is 1. The van der Waals surface area contributed by atoms with Crippen molar-refractivity contribution < 1.29 is 14.2 Å². The molecule has 0 aliphatic rings. The third kappa shape index (κ3) is 7.17. The highest BCUT2D eigenvalue weighted by Gasteiger charge is 2.19. The molecule has 1 heterocycles. The molecule has 0 fully saturated rings. The van der Waals surface area contributed by atoms with E-state index in [1.54, 1.807) is 36.5 Å². The fourth-order valence-corrected chi connectivity index (χ4v) is 5.65. The van der Waals surface area contributed by atoms with Crippen molar-refractivity contribution >= 4 is 51.9 Å². The van der Waals surface area contributed by atoms with Gasteiger partial charge in [-0.05, 0) is 97.5 Å². The first-order valence-corrected chi connectivity index (χ1v) is 16.1. The summed E-state index contributed by atoms with van der Waals surface area (Å²) in [5.74, 6) is 2.23. The molecular formula is C36H34Cl3N3O4. The Kier molecular flexibility index (Phi) is 10.6. The summed E-state index contributed by atoms with van der Waals surface area (Å²) in [5.41, 5.74) is 4.42. The van der Waals surface area contributed by atoms with Crippen LogP contribution >= 0.6 is 34.8 Å². The second-order valence-electron chi connectivity index (χ2n) is 10.9. The highest BCUT2D eigenvalue weighted by atomic mass is 35.5. The molecule has 0 spiro atoms. The minimum atomic E-state index is -0.297. The molecule has 46 heavy (non-hydrogen) atoms. The van der Waals surface area contributed by atoms with Gasteiger partial charge < -0.3 is 14.2 Å². The molecule has 0 atom stereocenters. The average Bonchev–Trinajstić information content (AvgIpc) is 3.02. The predicted octanol–water partition coefficient (Wildman–Crippen LogP) is 9.71. The topological polar surface area (TPSA) is 74.9 Å². The van der Waals surface area contributed by atoms with Gasteiger partial charge in [-0.15, -0.1) is 0 Å². The van der Waals surface area contributed by atoms with Crippen LogP contribution in [0.15, 0.2) is 76.6 Å². The lowest BCUT2D eigenvalue weighted by atomic mass is 9.96. The van der Waals surface area contributed by atoms with Crippen LogP contribution in [0.1, 0.15) is 55.9 Å². The van der Waals surface area contributed by atoms with E-state index in [-0.39, 0.29) is 18.1 Å². The molecule has 238 valence electrons. The molecule has 0 bridgehead atoms. The molecular weight excluding hydrogens is 645 g/mol. The minimum Gasteiger partial charge on any atom is -0.494 e. The maximum atomic E-state index is 13.9. The van der Waals surface area contributed by atoms with Crippen molar-refractivity contribution in [2.45, 2.75) is 47.1 Å². The van der Waals surface area contributed by atoms with Gasteiger partial charge in [0, 0.05) is 5.56 Å². The third-order valence-electron chi connectivity index (χ3n) is 7.29. The molecule has 10 heteroatoms. The summed E-state index contributed by atoms with van der Waals surface area (Å²) in [6.07, 6.45) is 1.56. The number of fused-ring (bicyclic) bond motifs is 1. The number of hydrogen-bond acceptors (Lipinski definition) is 6. The Morgan fingerprint density at radius 2 is 1.61 bits per heavy atom. The summed E-state index contributed by atoms with van der Waals surface area (Å²) in [5, 5.41) is 6.33. The number of nitrogens with zero attached hydrogens (tertiary/aromatic N) is 3. The van der Waals surface area contributed by atoms with E-state index >= 15 is 0 Å². The normalized spacial score (nSPS) is 11.5. The summed E-state index contributed by atoms with van der Waals surface area (Å²) in [6, 6.07) is 20.0. The van der Waals surface area contributed by atoms with E-state index in [1.165, 1.54) is 4.68 Å². The van der Waals surface area contributed by atoms with Gasteiger partial charge in [0.25, 0.3) is 5.56 Å². The number of rotatable bonds is 11. The minimum absolute atomic E-state index is 0.182. The first-order chi connectivity index (χ1) is 22.1. The SMILES string of the molecule is CCOc1cc(C)c(-c2nc3ccccc3c(=O)n2N=Cc2cc(Cl)c(OCc3ccc(Cl)c(Cl)c3)c(OCC)c2)cc1C(C)C. The van der Waals surface area contributed by atoms with Gasteiger partial charge in [0.2, 0.25) is 0 Å². The van der Waals surface area contributed by atoms with E-state index in [4.69, 9.17) is 54.0 Å². The van der Waals surface area contributed by atoms with Crippen LogP contribution in [-0.2, 0) is 6.61 Å². The lowest BCUT2D eigenvalue weighted by molar-refractivity contribution is 0.269. The largest absolute Gasteiger partial charge is 0.494 e. The van der Waals surface area contributed by atoms with Gasteiger partial charge in [-0.3, -0.25) is 4.79 Å². The van der Waals surface area contributed by atoms with Crippen molar-refractivity contribution in [2.24, 2.45) is 5.10 Å². The standard InChI is InChI=1S/C36H34Cl3N3O4/c1-6-44-32-14-22(5)27(18-26(32)21(3)4)35-41-31-11-9-8-10-25(31)36(43)42(35)40-19-24-16-30(39)34(33(17-24)45-7-2)46-20-23-12-13-28(37)29(38)15-23/h8-19,21H,6-7,20H2,1-5H3. The number of halogens is 3. The molecule has 5 aromatic rings. The molecule has 0 aliphatic carbocycles. The fourth-order valence-electron chi connectivity index (χ4n) is 5.05. The molecule has 0 unspecified atom stereocenters. The van der Waals surface area contributed by atoms with E-state index in [1.807, 2.05) is 57.2 Å². The van der Waals surface area contributed by atoms with Gasteiger partial charge >= 0.3 is 0 Å². The molecule has 1 aromatic heterocycles. The summed E-state index contributed by atoms with van der Waals surface area (Å²) in [7, 11) is 0. The van der Waals surface area contributed by atoms with Crippen LogP contribution in [0.4, 0.5) is 0 Å². The Morgan fingerprint density at radius 1 is 0.870 bits per heavy atom. The van der Waals surface area contributed by atoms with Gasteiger partial charge in [-0.1, -0.05) is 66.8 Å². The van der Waals surface area contributed by atoms with Crippen LogP contribution in [0.25, 0.3) is 22.3 Å². The molecule has 0 saturated heterocycles. The fraction of sp³-hybridized carbons (Fsp3) is 0.250. The number of aromatic nitrogens is 2. The average molecular weight is 679 g/mol. The number of benzene rings is 4.